The Morgan fingerprint density at radius 2 is 2.07 bits per heavy atom. The number of carbonyl (C=O) groups excluding carboxylic acids is 1. The Morgan fingerprint density at radius 1 is 1.32 bits per heavy atom. The van der Waals surface area contributed by atoms with Crippen molar-refractivity contribution in [2.24, 2.45) is 0 Å². The van der Waals surface area contributed by atoms with Crippen LogP contribution in [0.5, 0.6) is 0 Å². The van der Waals surface area contributed by atoms with Gasteiger partial charge < -0.3 is 5.32 Å². The predicted molar refractivity (Wildman–Crippen MR) is 116 cm³/mol. The van der Waals surface area contributed by atoms with E-state index >= 15 is 0 Å². The van der Waals surface area contributed by atoms with Crippen LogP contribution in [0.2, 0.25) is 5.02 Å². The van der Waals surface area contributed by atoms with Crippen molar-refractivity contribution in [3.05, 3.63) is 51.6 Å². The smallest absolute Gasteiger partial charge is 0.260 e. The molecule has 28 heavy (non-hydrogen) atoms. The van der Waals surface area contributed by atoms with E-state index in [0.717, 1.165) is 15.5 Å². The summed E-state index contributed by atoms with van der Waals surface area (Å²) in [6, 6.07) is 4.29. The van der Waals surface area contributed by atoms with E-state index < -0.39 is 0 Å². The van der Waals surface area contributed by atoms with Gasteiger partial charge in [-0.3, -0.25) is 9.48 Å². The number of hydrogen-bond acceptors (Lipinski definition) is 6. The van der Waals surface area contributed by atoms with Crippen LogP contribution in [0.3, 0.4) is 0 Å². The summed E-state index contributed by atoms with van der Waals surface area (Å²) in [5.41, 5.74) is 3.50. The number of thioether (sulfide) groups is 2. The summed E-state index contributed by atoms with van der Waals surface area (Å²) in [7, 11) is 0. The lowest BCUT2D eigenvalue weighted by atomic mass is 10.2. The summed E-state index contributed by atoms with van der Waals surface area (Å²) in [6.07, 6.45) is 3.83. The molecule has 1 amide bonds. The quantitative estimate of drug-likeness (QED) is 0.497. The van der Waals surface area contributed by atoms with Gasteiger partial charge in [-0.15, -0.1) is 23.5 Å². The molecule has 0 radical (unpaired) electrons. The van der Waals surface area contributed by atoms with E-state index in [0.29, 0.717) is 33.5 Å². The van der Waals surface area contributed by atoms with E-state index in [1.165, 1.54) is 47.2 Å². The van der Waals surface area contributed by atoms with Crippen molar-refractivity contribution in [1.82, 2.24) is 14.2 Å². The minimum absolute atomic E-state index is 0.201. The Kier molecular flexibility index (Phi) is 6.69. The number of benzene rings is 1. The Labute approximate surface area is 180 Å². The minimum Gasteiger partial charge on any atom is -0.319 e. The van der Waals surface area contributed by atoms with Gasteiger partial charge in [-0.05, 0) is 55.6 Å². The molecule has 10 heteroatoms. The molecule has 0 saturated carbocycles. The number of nitrogens with one attached hydrogen (secondary N) is 1. The van der Waals surface area contributed by atoms with Crippen molar-refractivity contribution in [2.75, 3.05) is 17.8 Å². The van der Waals surface area contributed by atoms with Crippen molar-refractivity contribution in [3.8, 4) is 0 Å². The van der Waals surface area contributed by atoms with Crippen LogP contribution in [-0.4, -0.2) is 32.6 Å². The molecule has 0 aliphatic rings. The van der Waals surface area contributed by atoms with Crippen LogP contribution in [0.15, 0.2) is 27.4 Å². The molecular formula is C18H18ClFN4OS3. The van der Waals surface area contributed by atoms with Gasteiger partial charge in [-0.1, -0.05) is 17.7 Å². The number of aromatic nitrogens is 3. The molecule has 3 aromatic rings. The number of amides is 1. The highest BCUT2D eigenvalue weighted by atomic mass is 35.5. The fraction of sp³-hybridized carbons (Fsp3) is 0.278. The fourth-order valence-electron chi connectivity index (χ4n) is 2.75. The van der Waals surface area contributed by atoms with Crippen molar-refractivity contribution < 1.29 is 9.18 Å². The van der Waals surface area contributed by atoms with Crippen molar-refractivity contribution in [3.63, 3.8) is 0 Å². The first-order valence-corrected chi connectivity index (χ1v) is 11.8. The fourth-order valence-corrected chi connectivity index (χ4v) is 5.26. The molecule has 0 unspecified atom stereocenters. The molecule has 0 saturated heterocycles. The average Bonchev–Trinajstić information content (AvgIpc) is 3.20. The van der Waals surface area contributed by atoms with Crippen LogP contribution in [0.1, 0.15) is 27.3 Å². The maximum atomic E-state index is 13.3. The molecule has 3 rings (SSSR count). The molecule has 0 fully saturated rings. The largest absolute Gasteiger partial charge is 0.319 e. The molecule has 0 aliphatic heterocycles. The molecule has 0 bridgehead atoms. The third kappa shape index (κ3) is 4.22. The first-order valence-electron chi connectivity index (χ1n) is 8.22. The van der Waals surface area contributed by atoms with Gasteiger partial charge >= 0.3 is 0 Å². The summed E-state index contributed by atoms with van der Waals surface area (Å²) in [4.78, 5) is 12.9. The van der Waals surface area contributed by atoms with E-state index in [4.69, 9.17) is 11.6 Å². The standard InChI is InChI=1S/C18H18ClFN4OS3/c1-9-15(21-16(25)14-17(26-3)23-28-18(14)27-4)10(2)24(22-9)8-11-5-6-12(20)7-13(11)19/h5-7H,8H2,1-4H3,(H,21,25). The Balaban J connectivity index is 1.88. The second kappa shape index (κ2) is 8.86. The lowest BCUT2D eigenvalue weighted by Crippen LogP contribution is -2.14. The highest BCUT2D eigenvalue weighted by Gasteiger charge is 2.23. The Morgan fingerprint density at radius 3 is 2.71 bits per heavy atom. The SMILES string of the molecule is CSc1nsc(SC)c1C(=O)Nc1c(C)nn(Cc2ccc(F)cc2Cl)c1C. The lowest BCUT2D eigenvalue weighted by molar-refractivity contribution is 0.102. The molecule has 1 aromatic carbocycles. The van der Waals surface area contributed by atoms with Crippen LogP contribution < -0.4 is 5.32 Å². The second-order valence-corrected chi connectivity index (χ2v) is 9.00. The zero-order valence-electron chi connectivity index (χ0n) is 15.7. The topological polar surface area (TPSA) is 59.8 Å². The zero-order valence-corrected chi connectivity index (χ0v) is 18.9. The van der Waals surface area contributed by atoms with Crippen LogP contribution in [-0.2, 0) is 6.54 Å². The van der Waals surface area contributed by atoms with Gasteiger partial charge in [0.1, 0.15) is 10.8 Å². The van der Waals surface area contributed by atoms with Gasteiger partial charge in [0.2, 0.25) is 0 Å². The Bertz CT molecular complexity index is 1010. The highest BCUT2D eigenvalue weighted by Crippen LogP contribution is 2.34. The summed E-state index contributed by atoms with van der Waals surface area (Å²) in [6.45, 7) is 4.10. The number of anilines is 1. The van der Waals surface area contributed by atoms with Gasteiger partial charge in [0.15, 0.2) is 0 Å². The van der Waals surface area contributed by atoms with Crippen LogP contribution in [0, 0.1) is 19.7 Å². The zero-order chi connectivity index (χ0) is 20.4. The molecule has 0 spiro atoms. The number of nitrogens with zero attached hydrogens (tertiary/aromatic N) is 3. The molecule has 1 N–H and O–H groups in total. The monoisotopic (exact) mass is 456 g/mol. The van der Waals surface area contributed by atoms with Gasteiger partial charge in [-0.25, -0.2) is 4.39 Å². The number of aryl methyl sites for hydroxylation is 1. The number of halogens is 2. The van der Waals surface area contributed by atoms with Crippen LogP contribution >= 0.6 is 46.7 Å². The molecule has 0 atom stereocenters. The first kappa shape index (κ1) is 21.2. The molecule has 2 aromatic heterocycles. The minimum atomic E-state index is -0.381. The normalized spacial score (nSPS) is 11.1. The van der Waals surface area contributed by atoms with Crippen LogP contribution in [0.4, 0.5) is 10.1 Å². The van der Waals surface area contributed by atoms with Gasteiger partial charge in [-0.2, -0.15) is 9.47 Å². The van der Waals surface area contributed by atoms with E-state index in [1.54, 1.807) is 10.7 Å². The van der Waals surface area contributed by atoms with E-state index in [9.17, 15) is 9.18 Å². The van der Waals surface area contributed by atoms with E-state index in [1.807, 2.05) is 26.4 Å². The van der Waals surface area contributed by atoms with Crippen molar-refractivity contribution in [2.45, 2.75) is 29.6 Å². The lowest BCUT2D eigenvalue weighted by Gasteiger charge is -2.09. The molecular weight excluding hydrogens is 439 g/mol. The third-order valence-electron chi connectivity index (χ3n) is 4.19. The summed E-state index contributed by atoms with van der Waals surface area (Å²) < 4.78 is 20.2. The maximum Gasteiger partial charge on any atom is 0.260 e. The molecule has 148 valence electrons. The van der Waals surface area contributed by atoms with Crippen molar-refractivity contribution in [1.29, 1.82) is 0 Å². The van der Waals surface area contributed by atoms with Gasteiger partial charge in [0.05, 0.1) is 33.4 Å². The number of carbonyl (C=O) groups is 1. The van der Waals surface area contributed by atoms with E-state index in [2.05, 4.69) is 14.8 Å². The van der Waals surface area contributed by atoms with Gasteiger partial charge in [0.25, 0.3) is 5.91 Å². The second-order valence-electron chi connectivity index (χ2n) is 5.95. The average molecular weight is 457 g/mol. The number of rotatable bonds is 6. The van der Waals surface area contributed by atoms with E-state index in [-0.39, 0.29) is 11.7 Å². The third-order valence-corrected chi connectivity index (χ3v) is 7.28. The number of hydrogen-bond donors (Lipinski definition) is 1. The van der Waals surface area contributed by atoms with Crippen LogP contribution in [0.25, 0.3) is 0 Å². The van der Waals surface area contributed by atoms with Crippen molar-refractivity contribution >= 4 is 58.3 Å². The first-order chi connectivity index (χ1) is 13.3. The summed E-state index contributed by atoms with van der Waals surface area (Å²) in [5, 5.41) is 8.56. The maximum absolute atomic E-state index is 13.3. The Hall–Kier alpha value is -1.55. The molecule has 5 nitrogen and oxygen atoms in total. The van der Waals surface area contributed by atoms with Gasteiger partial charge in [0, 0.05) is 5.02 Å². The molecule has 2 heterocycles. The summed E-state index contributed by atoms with van der Waals surface area (Å²) in [5.74, 6) is -0.582. The highest BCUT2D eigenvalue weighted by molar-refractivity contribution is 8.01. The molecule has 0 aliphatic carbocycles. The summed E-state index contributed by atoms with van der Waals surface area (Å²) >= 11 is 10.4. The predicted octanol–water partition coefficient (Wildman–Crippen LogP) is 5.49.